The van der Waals surface area contributed by atoms with Crippen LogP contribution in [0.4, 0.5) is 11.6 Å². The maximum Gasteiger partial charge on any atom is 0.222 e. The summed E-state index contributed by atoms with van der Waals surface area (Å²) in [6.45, 7) is 11.8. The van der Waals surface area contributed by atoms with E-state index in [1.165, 1.54) is 12.8 Å². The lowest BCUT2D eigenvalue weighted by atomic mass is 9.80. The third kappa shape index (κ3) is 6.78. The van der Waals surface area contributed by atoms with E-state index in [1.54, 1.807) is 12.3 Å². The molecule has 9 heteroatoms. The molecule has 35 heavy (non-hydrogen) atoms. The summed E-state index contributed by atoms with van der Waals surface area (Å²) >= 11 is 12.4. The zero-order chi connectivity index (χ0) is 24.9. The van der Waals surface area contributed by atoms with Crippen molar-refractivity contribution >= 4 is 40.7 Å². The second-order valence-corrected chi connectivity index (χ2v) is 11.0. The van der Waals surface area contributed by atoms with Gasteiger partial charge in [0.2, 0.25) is 5.91 Å². The average Bonchev–Trinajstić information content (AvgIpc) is 2.78. The van der Waals surface area contributed by atoms with Crippen LogP contribution in [0.3, 0.4) is 0 Å². The molecule has 2 atom stereocenters. The van der Waals surface area contributed by atoms with Gasteiger partial charge >= 0.3 is 0 Å². The van der Waals surface area contributed by atoms with Crippen molar-refractivity contribution in [3.63, 3.8) is 0 Å². The molecule has 1 aromatic heterocycles. The summed E-state index contributed by atoms with van der Waals surface area (Å²) in [4.78, 5) is 25.8. The lowest BCUT2D eigenvalue weighted by Gasteiger charge is -2.47. The molecule has 0 unspecified atom stereocenters. The number of piperidine rings is 1. The van der Waals surface area contributed by atoms with Crippen molar-refractivity contribution in [1.29, 1.82) is 0 Å². The molecular weight excluding hydrogens is 483 g/mol. The topological polar surface area (TPSA) is 73.4 Å². The van der Waals surface area contributed by atoms with Crippen molar-refractivity contribution in [2.24, 2.45) is 17.8 Å². The van der Waals surface area contributed by atoms with Gasteiger partial charge in [-0.2, -0.15) is 0 Å². The molecule has 190 valence electrons. The van der Waals surface area contributed by atoms with Gasteiger partial charge in [-0.3, -0.25) is 9.78 Å². The van der Waals surface area contributed by atoms with Crippen molar-refractivity contribution < 1.29 is 4.79 Å². The first-order valence-electron chi connectivity index (χ1n) is 12.6. The van der Waals surface area contributed by atoms with Gasteiger partial charge < -0.3 is 20.4 Å². The number of likely N-dealkylation sites (tertiary alicyclic amines) is 1. The Balaban J connectivity index is 1.26. The maximum absolute atomic E-state index is 11.8. The second-order valence-electron chi connectivity index (χ2n) is 10.1. The van der Waals surface area contributed by atoms with E-state index in [2.05, 4.69) is 25.4 Å². The van der Waals surface area contributed by atoms with Crippen molar-refractivity contribution in [1.82, 2.24) is 20.2 Å². The molecule has 4 rings (SSSR count). The largest absolute Gasteiger partial charge is 0.362 e. The van der Waals surface area contributed by atoms with E-state index < -0.39 is 0 Å². The van der Waals surface area contributed by atoms with E-state index in [-0.39, 0.29) is 17.9 Å². The Morgan fingerprint density at radius 1 is 1.14 bits per heavy atom. The van der Waals surface area contributed by atoms with Gasteiger partial charge in [-0.25, -0.2) is 4.98 Å². The molecule has 0 aliphatic carbocycles. The number of benzene rings is 1. The molecular formula is C26H36Cl2N6O. The van der Waals surface area contributed by atoms with E-state index in [0.717, 1.165) is 56.5 Å². The highest BCUT2D eigenvalue weighted by Gasteiger charge is 2.36. The van der Waals surface area contributed by atoms with Crippen LogP contribution in [-0.2, 0) is 4.79 Å². The predicted molar refractivity (Wildman–Crippen MR) is 143 cm³/mol. The molecule has 2 fully saturated rings. The number of nitrogens with one attached hydrogen (secondary N) is 2. The summed E-state index contributed by atoms with van der Waals surface area (Å²) in [6, 6.07) is 5.52. The maximum atomic E-state index is 11.8. The molecule has 2 aliphatic heterocycles. The zero-order valence-corrected chi connectivity index (χ0v) is 22.3. The number of hydrogen-bond acceptors (Lipinski definition) is 6. The molecule has 7 nitrogen and oxygen atoms in total. The Morgan fingerprint density at radius 2 is 1.94 bits per heavy atom. The quantitative estimate of drug-likeness (QED) is 0.492. The number of hydrogen-bond donors (Lipinski definition) is 2. The zero-order valence-electron chi connectivity index (χ0n) is 20.8. The van der Waals surface area contributed by atoms with Gasteiger partial charge in [0.1, 0.15) is 11.6 Å². The first kappa shape index (κ1) is 26.0. The third-order valence-corrected chi connectivity index (χ3v) is 7.67. The Kier molecular flexibility index (Phi) is 8.73. The van der Waals surface area contributed by atoms with Crippen LogP contribution in [0.15, 0.2) is 30.6 Å². The summed E-state index contributed by atoms with van der Waals surface area (Å²) < 4.78 is 0. The number of carbonyl (C=O) groups excluding carboxylic acids is 1. The van der Waals surface area contributed by atoms with Gasteiger partial charge in [-0.05, 0) is 55.8 Å². The van der Waals surface area contributed by atoms with E-state index in [9.17, 15) is 4.79 Å². The monoisotopic (exact) mass is 518 g/mol. The first-order valence-corrected chi connectivity index (χ1v) is 13.3. The van der Waals surface area contributed by atoms with Crippen LogP contribution in [0.5, 0.6) is 0 Å². The normalized spacial score (nSPS) is 19.9. The highest BCUT2D eigenvalue weighted by molar-refractivity contribution is 6.35. The van der Waals surface area contributed by atoms with Crippen molar-refractivity contribution in [2.75, 3.05) is 49.5 Å². The fourth-order valence-corrected chi connectivity index (χ4v) is 5.52. The van der Waals surface area contributed by atoms with Crippen LogP contribution in [0.2, 0.25) is 10.0 Å². The standard InChI is InChI=1S/C26H36Cl2N6O/c1-17(2)26(35)30-8-10-33-9-4-5-19(14-33)20-15-34(16-20)25-13-29-12-24(32-25)31-18(3)22-7-6-21(27)11-23(22)28/h6-7,11-13,17-20H,4-5,8-10,14-16H2,1-3H3,(H,30,35)(H,31,32)/t18-,19+/m1/s1. The molecule has 1 aromatic carbocycles. The summed E-state index contributed by atoms with van der Waals surface area (Å²) in [5, 5.41) is 7.71. The van der Waals surface area contributed by atoms with Crippen LogP contribution < -0.4 is 15.5 Å². The summed E-state index contributed by atoms with van der Waals surface area (Å²) in [6.07, 6.45) is 6.09. The summed E-state index contributed by atoms with van der Waals surface area (Å²) in [5.41, 5.74) is 0.970. The fourth-order valence-electron chi connectivity index (χ4n) is 4.95. The van der Waals surface area contributed by atoms with E-state index in [4.69, 9.17) is 28.2 Å². The number of halogens is 2. The molecule has 3 heterocycles. The molecule has 0 saturated carbocycles. The molecule has 0 bridgehead atoms. The number of nitrogens with zero attached hydrogens (tertiary/aromatic N) is 4. The molecule has 2 aromatic rings. The van der Waals surface area contributed by atoms with Gasteiger partial charge in [0.05, 0.1) is 18.4 Å². The van der Waals surface area contributed by atoms with Crippen LogP contribution in [-0.4, -0.2) is 60.0 Å². The summed E-state index contributed by atoms with van der Waals surface area (Å²) in [5.74, 6) is 3.19. The van der Waals surface area contributed by atoms with Gasteiger partial charge in [0, 0.05) is 48.7 Å². The molecule has 2 aliphatic rings. The molecule has 1 amide bonds. The van der Waals surface area contributed by atoms with Crippen LogP contribution in [0.25, 0.3) is 0 Å². The summed E-state index contributed by atoms with van der Waals surface area (Å²) in [7, 11) is 0. The smallest absolute Gasteiger partial charge is 0.222 e. The fraction of sp³-hybridized carbons (Fsp3) is 0.577. The number of carbonyl (C=O) groups is 1. The van der Waals surface area contributed by atoms with E-state index in [0.29, 0.717) is 21.9 Å². The average molecular weight is 520 g/mol. The predicted octanol–water partition coefficient (Wildman–Crippen LogP) is 4.88. The lowest BCUT2D eigenvalue weighted by molar-refractivity contribution is -0.124. The van der Waals surface area contributed by atoms with Crippen LogP contribution >= 0.6 is 23.2 Å². The van der Waals surface area contributed by atoms with Gasteiger partial charge in [0.25, 0.3) is 0 Å². The van der Waals surface area contributed by atoms with Crippen LogP contribution in [0.1, 0.15) is 45.2 Å². The van der Waals surface area contributed by atoms with Gasteiger partial charge in [0.15, 0.2) is 0 Å². The molecule has 2 saturated heterocycles. The second kappa shape index (κ2) is 11.8. The highest BCUT2D eigenvalue weighted by Crippen LogP contribution is 2.34. The number of anilines is 2. The van der Waals surface area contributed by atoms with E-state index in [1.807, 2.05) is 39.1 Å². The minimum Gasteiger partial charge on any atom is -0.362 e. The van der Waals surface area contributed by atoms with Gasteiger partial charge in [-0.15, -0.1) is 0 Å². The van der Waals surface area contributed by atoms with Crippen LogP contribution in [0, 0.1) is 17.8 Å². The van der Waals surface area contributed by atoms with Crippen molar-refractivity contribution in [3.8, 4) is 0 Å². The minimum atomic E-state index is -0.0213. The van der Waals surface area contributed by atoms with Crippen molar-refractivity contribution in [3.05, 3.63) is 46.2 Å². The Labute approximate surface area is 218 Å². The Hall–Kier alpha value is -2.09. The Bertz CT molecular complexity index is 1010. The van der Waals surface area contributed by atoms with E-state index >= 15 is 0 Å². The molecule has 2 N–H and O–H groups in total. The molecule has 0 radical (unpaired) electrons. The minimum absolute atomic E-state index is 0.0213. The number of amides is 1. The number of aromatic nitrogens is 2. The highest BCUT2D eigenvalue weighted by atomic mass is 35.5. The number of rotatable bonds is 9. The lowest BCUT2D eigenvalue weighted by Crippen LogP contribution is -2.54. The van der Waals surface area contributed by atoms with Gasteiger partial charge in [-0.1, -0.05) is 43.1 Å². The first-order chi connectivity index (χ1) is 16.8. The third-order valence-electron chi connectivity index (χ3n) is 7.11. The molecule has 0 spiro atoms. The Morgan fingerprint density at radius 3 is 2.69 bits per heavy atom. The SMILES string of the molecule is CC(C)C(=O)NCCN1CCC[C@H](C2CN(c3cncc(N[C@H](C)c4ccc(Cl)cc4Cl)n3)C2)C1. The van der Waals surface area contributed by atoms with Crippen molar-refractivity contribution in [2.45, 2.75) is 39.7 Å².